The van der Waals surface area contributed by atoms with Gasteiger partial charge in [-0.05, 0) is 0 Å². The van der Waals surface area contributed by atoms with Crippen LogP contribution in [0, 0.1) is 30.3 Å². The number of rotatable bonds is 4. The van der Waals surface area contributed by atoms with Crippen LogP contribution in [0.15, 0.2) is 10.3 Å². The summed E-state index contributed by atoms with van der Waals surface area (Å²) in [6, 6.07) is 0. The second-order valence-corrected chi connectivity index (χ2v) is 2.33. The molecular formula is C2H3N7O6. The molecular weight excluding hydrogens is 218 g/mol. The van der Waals surface area contributed by atoms with E-state index < -0.39 is 26.7 Å². The monoisotopic (exact) mass is 221 g/mol. The van der Waals surface area contributed by atoms with Crippen LogP contribution in [0.4, 0.5) is 0 Å². The topological polar surface area (TPSA) is 178 Å². The minimum atomic E-state index is -3.69. The number of hydrogen-bond donors (Lipinski definition) is 2. The van der Waals surface area contributed by atoms with Gasteiger partial charge in [0.05, 0.1) is 0 Å². The van der Waals surface area contributed by atoms with Crippen molar-refractivity contribution in [2.75, 3.05) is 0 Å². The molecule has 82 valence electrons. The molecule has 0 saturated carbocycles. The van der Waals surface area contributed by atoms with Crippen LogP contribution in [0.3, 0.4) is 0 Å². The van der Waals surface area contributed by atoms with Gasteiger partial charge in [-0.3, -0.25) is 30.3 Å². The highest BCUT2D eigenvalue weighted by atomic mass is 16.7. The van der Waals surface area contributed by atoms with E-state index in [1.165, 1.54) is 0 Å². The zero-order valence-electron chi connectivity index (χ0n) is 6.76. The highest BCUT2D eigenvalue weighted by Crippen LogP contribution is 2.20. The maximum Gasteiger partial charge on any atom is 0.739 e. The third kappa shape index (κ3) is 1.30. The molecule has 0 aromatic heterocycles. The lowest BCUT2D eigenvalue weighted by Crippen LogP contribution is -2.65. The Hall–Kier alpha value is -2.44. The predicted octanol–water partition coefficient (Wildman–Crippen LogP) is -1.73. The summed E-state index contributed by atoms with van der Waals surface area (Å²) in [6.07, 6.45) is -2.02. The van der Waals surface area contributed by atoms with Gasteiger partial charge in [0.15, 0.2) is 14.8 Å². The van der Waals surface area contributed by atoms with Crippen LogP contribution in [0.25, 0.3) is 0 Å². The van der Waals surface area contributed by atoms with Crippen molar-refractivity contribution in [3.63, 3.8) is 0 Å². The number of hydrazine groups is 1. The predicted molar refractivity (Wildman–Crippen MR) is 38.6 cm³/mol. The fraction of sp³-hybridized carbons (Fsp3) is 1.00. The number of nitrogens with one attached hydrogen (secondary N) is 2. The number of hydrogen-bond acceptors (Lipinski definition) is 10. The third-order valence-corrected chi connectivity index (χ3v) is 1.60. The van der Waals surface area contributed by atoms with Crippen LogP contribution in [0.5, 0.6) is 0 Å². The standard InChI is InChI=1S/C2H3N7O6/c10-7(11)2(8(12)13,9(14)15)1-3-5-6-4-1/h1H,(H,3,6)(H,4,5). The van der Waals surface area contributed by atoms with Gasteiger partial charge < -0.3 is 0 Å². The highest BCUT2D eigenvalue weighted by molar-refractivity contribution is 4.72. The molecule has 0 radical (unpaired) electrons. The first kappa shape index (κ1) is 10.6. The molecule has 13 heteroatoms. The molecule has 0 saturated heterocycles. The van der Waals surface area contributed by atoms with Gasteiger partial charge >= 0.3 is 12.0 Å². The highest BCUT2D eigenvalue weighted by Gasteiger charge is 2.78. The van der Waals surface area contributed by atoms with Crippen molar-refractivity contribution in [3.8, 4) is 0 Å². The van der Waals surface area contributed by atoms with E-state index in [1.807, 2.05) is 11.0 Å². The maximum absolute atomic E-state index is 10.4. The van der Waals surface area contributed by atoms with Crippen LogP contribution in [0.1, 0.15) is 0 Å². The van der Waals surface area contributed by atoms with Gasteiger partial charge in [0, 0.05) is 0 Å². The lowest BCUT2D eigenvalue weighted by Gasteiger charge is -2.10. The van der Waals surface area contributed by atoms with Crippen LogP contribution >= 0.6 is 0 Å². The van der Waals surface area contributed by atoms with Gasteiger partial charge in [-0.2, -0.15) is 5.43 Å². The van der Waals surface area contributed by atoms with Gasteiger partial charge in [0.25, 0.3) is 0 Å². The first-order chi connectivity index (χ1) is 6.94. The first-order valence-corrected chi connectivity index (χ1v) is 3.28. The molecule has 2 N–H and O–H groups in total. The van der Waals surface area contributed by atoms with E-state index in [9.17, 15) is 30.3 Å². The van der Waals surface area contributed by atoms with Crippen molar-refractivity contribution in [1.29, 1.82) is 0 Å². The van der Waals surface area contributed by atoms with Crippen molar-refractivity contribution in [2.24, 2.45) is 10.3 Å². The summed E-state index contributed by atoms with van der Waals surface area (Å²) in [5, 5.41) is 37.2. The fourth-order valence-corrected chi connectivity index (χ4v) is 0.879. The van der Waals surface area contributed by atoms with Crippen molar-refractivity contribution < 1.29 is 14.8 Å². The minimum absolute atomic E-state index is 1.64. The normalized spacial score (nSPS) is 19.6. The molecule has 1 rings (SSSR count). The summed E-state index contributed by atoms with van der Waals surface area (Å²) in [4.78, 5) is 26.4. The van der Waals surface area contributed by atoms with E-state index in [4.69, 9.17) is 0 Å². The van der Waals surface area contributed by atoms with E-state index in [0.717, 1.165) is 0 Å². The molecule has 13 nitrogen and oxygen atoms in total. The zero-order chi connectivity index (χ0) is 11.6. The van der Waals surface area contributed by atoms with Gasteiger partial charge in [0.1, 0.15) is 0 Å². The van der Waals surface area contributed by atoms with E-state index in [2.05, 4.69) is 10.3 Å². The Morgan fingerprint density at radius 3 is 1.80 bits per heavy atom. The zero-order valence-corrected chi connectivity index (χ0v) is 6.76. The molecule has 0 aromatic carbocycles. The number of nitro groups is 3. The Kier molecular flexibility index (Phi) is 2.39. The molecule has 0 aliphatic carbocycles. The largest absolute Gasteiger partial charge is 0.739 e. The molecule has 0 spiro atoms. The van der Waals surface area contributed by atoms with Crippen LogP contribution in [-0.2, 0) is 0 Å². The fourth-order valence-electron chi connectivity index (χ4n) is 0.879. The Labute approximate surface area is 79.5 Å². The quantitative estimate of drug-likeness (QED) is 0.319. The van der Waals surface area contributed by atoms with Crippen LogP contribution in [0.2, 0.25) is 0 Å². The molecule has 0 amide bonds. The van der Waals surface area contributed by atoms with Crippen LogP contribution in [-0.4, -0.2) is 26.7 Å². The van der Waals surface area contributed by atoms with Gasteiger partial charge in [0.2, 0.25) is 0 Å². The number of nitrogens with zero attached hydrogens (tertiary/aromatic N) is 5. The molecule has 1 unspecified atom stereocenters. The molecule has 0 fully saturated rings. The summed E-state index contributed by atoms with van der Waals surface area (Å²) >= 11 is 0. The first-order valence-electron chi connectivity index (χ1n) is 3.28. The maximum atomic E-state index is 10.4. The molecule has 15 heavy (non-hydrogen) atoms. The molecule has 1 aliphatic rings. The minimum Gasteiger partial charge on any atom is -0.253 e. The Morgan fingerprint density at radius 1 is 1.07 bits per heavy atom. The summed E-state index contributed by atoms with van der Waals surface area (Å²) < 4.78 is 0. The summed E-state index contributed by atoms with van der Waals surface area (Å²) in [7, 11) is 0. The van der Waals surface area contributed by atoms with E-state index in [1.54, 1.807) is 0 Å². The molecule has 1 heterocycles. The van der Waals surface area contributed by atoms with Crippen molar-refractivity contribution >= 4 is 0 Å². The lowest BCUT2D eigenvalue weighted by atomic mass is 10.3. The van der Waals surface area contributed by atoms with Gasteiger partial charge in [-0.15, -0.1) is 5.11 Å². The summed E-state index contributed by atoms with van der Waals surface area (Å²) in [6.45, 7) is 0. The van der Waals surface area contributed by atoms with E-state index >= 15 is 0 Å². The SMILES string of the molecule is O=[N+]([O-])C(C1N=NNN1)([N+](=O)[O-])[N+](=O)[O-]. The average Bonchev–Trinajstić information content (AvgIpc) is 2.55. The Balaban J connectivity index is 3.25. The van der Waals surface area contributed by atoms with Crippen molar-refractivity contribution in [2.45, 2.75) is 12.0 Å². The van der Waals surface area contributed by atoms with Crippen molar-refractivity contribution in [1.82, 2.24) is 11.0 Å². The summed E-state index contributed by atoms with van der Waals surface area (Å²) in [5.41, 5.74) is 3.67. The molecule has 0 bridgehead atoms. The van der Waals surface area contributed by atoms with E-state index in [0.29, 0.717) is 0 Å². The van der Waals surface area contributed by atoms with Gasteiger partial charge in [-0.25, -0.2) is 5.53 Å². The van der Waals surface area contributed by atoms with Gasteiger partial charge in [-0.1, -0.05) is 5.22 Å². The van der Waals surface area contributed by atoms with Crippen LogP contribution < -0.4 is 11.0 Å². The van der Waals surface area contributed by atoms with Crippen molar-refractivity contribution in [3.05, 3.63) is 30.3 Å². The lowest BCUT2D eigenvalue weighted by molar-refractivity contribution is -0.972. The Morgan fingerprint density at radius 2 is 1.53 bits per heavy atom. The second-order valence-electron chi connectivity index (χ2n) is 2.33. The smallest absolute Gasteiger partial charge is 0.253 e. The molecule has 1 atom stereocenters. The van der Waals surface area contributed by atoms with E-state index in [-0.39, 0.29) is 0 Å². The second kappa shape index (κ2) is 3.37. The molecule has 0 aromatic rings. The Bertz CT molecular complexity index is 313. The molecule has 1 aliphatic heterocycles. The third-order valence-electron chi connectivity index (χ3n) is 1.60. The average molecular weight is 221 g/mol. The summed E-state index contributed by atoms with van der Waals surface area (Å²) in [5.74, 6) is -3.69.